The summed E-state index contributed by atoms with van der Waals surface area (Å²) in [6.07, 6.45) is 6.92. The number of hydrogen-bond acceptors (Lipinski definition) is 6. The first-order chi connectivity index (χ1) is 11.4. The molecule has 0 spiro atoms. The number of aromatic nitrogens is 5. The van der Waals surface area contributed by atoms with Crippen LogP contribution in [0.1, 0.15) is 0 Å². The molecule has 0 radical (unpaired) electrons. The minimum absolute atomic E-state index is 0.757. The Hall–Kier alpha value is -2.99. The molecule has 0 aliphatic rings. The number of hydrogen-bond donors (Lipinski definition) is 0. The van der Waals surface area contributed by atoms with Crippen LogP contribution in [0.3, 0.4) is 0 Å². The van der Waals surface area contributed by atoms with E-state index in [1.54, 1.807) is 36.3 Å². The van der Waals surface area contributed by atoms with E-state index in [1.165, 1.54) is 0 Å². The van der Waals surface area contributed by atoms with Crippen molar-refractivity contribution in [2.24, 2.45) is 0 Å². The Morgan fingerprint density at radius 3 is 2.83 bits per heavy atom. The third kappa shape index (κ3) is 1.89. The topological polar surface area (TPSA) is 64.5 Å². The largest absolute Gasteiger partial charge is 0.254 e. The van der Waals surface area contributed by atoms with Crippen molar-refractivity contribution in [3.05, 3.63) is 55.2 Å². The Balaban J connectivity index is 1.84. The van der Waals surface area contributed by atoms with Crippen LogP contribution in [0.15, 0.2) is 55.2 Å². The van der Waals surface area contributed by atoms with E-state index >= 15 is 0 Å². The van der Waals surface area contributed by atoms with Crippen molar-refractivity contribution >= 4 is 42.7 Å². The zero-order valence-electron chi connectivity index (χ0n) is 11.8. The van der Waals surface area contributed by atoms with Gasteiger partial charge in [-0.3, -0.25) is 4.98 Å². The summed E-state index contributed by atoms with van der Waals surface area (Å²) in [7, 11) is 0. The van der Waals surface area contributed by atoms with Crippen LogP contribution in [0.25, 0.3) is 42.7 Å². The zero-order chi connectivity index (χ0) is 15.2. The quantitative estimate of drug-likeness (QED) is 0.470. The number of thiophene rings is 1. The summed E-state index contributed by atoms with van der Waals surface area (Å²) in [6, 6.07) is 10.1. The summed E-state index contributed by atoms with van der Waals surface area (Å²) in [5.74, 6) is 0. The number of rotatable bonds is 1. The third-order valence-corrected chi connectivity index (χ3v) is 4.78. The van der Waals surface area contributed by atoms with Gasteiger partial charge in [0.15, 0.2) is 0 Å². The molecular formula is C17H9N5S. The maximum absolute atomic E-state index is 4.78. The first kappa shape index (κ1) is 12.5. The average molecular weight is 315 g/mol. The van der Waals surface area contributed by atoms with Crippen LogP contribution in [0, 0.1) is 0 Å². The van der Waals surface area contributed by atoms with Gasteiger partial charge in [0, 0.05) is 17.8 Å². The Morgan fingerprint density at radius 2 is 1.83 bits per heavy atom. The molecule has 23 heavy (non-hydrogen) atoms. The van der Waals surface area contributed by atoms with Gasteiger partial charge in [0.1, 0.15) is 27.9 Å². The fourth-order valence-corrected chi connectivity index (χ4v) is 3.63. The van der Waals surface area contributed by atoms with Crippen molar-refractivity contribution in [2.75, 3.05) is 0 Å². The Bertz CT molecular complexity index is 1180. The summed E-state index contributed by atoms with van der Waals surface area (Å²) in [6.45, 7) is 0. The molecule has 0 atom stereocenters. The molecule has 108 valence electrons. The van der Waals surface area contributed by atoms with Gasteiger partial charge in [-0.25, -0.2) is 19.9 Å². The van der Waals surface area contributed by atoms with E-state index in [4.69, 9.17) is 4.98 Å². The van der Waals surface area contributed by atoms with Crippen LogP contribution in [0.5, 0.6) is 0 Å². The highest BCUT2D eigenvalue weighted by atomic mass is 32.1. The molecule has 0 N–H and O–H groups in total. The molecule has 0 aliphatic carbocycles. The van der Waals surface area contributed by atoms with Gasteiger partial charge in [0.05, 0.1) is 16.6 Å². The van der Waals surface area contributed by atoms with Crippen molar-refractivity contribution in [1.29, 1.82) is 0 Å². The van der Waals surface area contributed by atoms with E-state index in [1.807, 2.05) is 18.2 Å². The van der Waals surface area contributed by atoms with Crippen LogP contribution in [-0.4, -0.2) is 24.9 Å². The molecule has 0 fully saturated rings. The first-order valence-corrected chi connectivity index (χ1v) is 7.91. The second kappa shape index (κ2) is 4.76. The van der Waals surface area contributed by atoms with Gasteiger partial charge >= 0.3 is 0 Å². The van der Waals surface area contributed by atoms with E-state index in [0.717, 1.165) is 42.7 Å². The van der Waals surface area contributed by atoms with Crippen LogP contribution in [0.2, 0.25) is 0 Å². The van der Waals surface area contributed by atoms with Crippen molar-refractivity contribution < 1.29 is 0 Å². The van der Waals surface area contributed by atoms with Crippen LogP contribution < -0.4 is 0 Å². The highest BCUT2D eigenvalue weighted by Crippen LogP contribution is 2.31. The zero-order valence-corrected chi connectivity index (χ0v) is 12.7. The molecule has 0 amide bonds. The van der Waals surface area contributed by atoms with E-state index in [2.05, 4.69) is 32.1 Å². The predicted octanol–water partition coefficient (Wildman–Crippen LogP) is 3.85. The standard InChI is InChI=1S/C17H9N5S/c1-2-4-11-10(3-1)5-6-19-14(11)12-7-20-17-16(22-12)15-13(23-17)8-18-9-21-15/h1-9H. The average Bonchev–Trinajstić information content (AvgIpc) is 2.99. The molecule has 5 rings (SSSR count). The van der Waals surface area contributed by atoms with Crippen LogP contribution in [0.4, 0.5) is 0 Å². The maximum atomic E-state index is 4.78. The normalized spacial score (nSPS) is 11.5. The number of pyridine rings is 1. The lowest BCUT2D eigenvalue weighted by Gasteiger charge is -2.04. The van der Waals surface area contributed by atoms with Gasteiger partial charge in [0.25, 0.3) is 0 Å². The number of nitrogens with zero attached hydrogens (tertiary/aromatic N) is 5. The van der Waals surface area contributed by atoms with E-state index in [-0.39, 0.29) is 0 Å². The van der Waals surface area contributed by atoms with Crippen molar-refractivity contribution in [2.45, 2.75) is 0 Å². The Morgan fingerprint density at radius 1 is 0.870 bits per heavy atom. The van der Waals surface area contributed by atoms with E-state index in [0.29, 0.717) is 0 Å². The highest BCUT2D eigenvalue weighted by molar-refractivity contribution is 7.25. The molecule has 6 heteroatoms. The van der Waals surface area contributed by atoms with Crippen molar-refractivity contribution in [3.8, 4) is 11.4 Å². The molecule has 0 unspecified atom stereocenters. The third-order valence-electron chi connectivity index (χ3n) is 3.76. The van der Waals surface area contributed by atoms with Gasteiger partial charge < -0.3 is 0 Å². The van der Waals surface area contributed by atoms with E-state index < -0.39 is 0 Å². The monoisotopic (exact) mass is 315 g/mol. The molecular weight excluding hydrogens is 306 g/mol. The fraction of sp³-hybridized carbons (Fsp3) is 0. The first-order valence-electron chi connectivity index (χ1n) is 7.09. The highest BCUT2D eigenvalue weighted by Gasteiger charge is 2.12. The number of benzene rings is 1. The van der Waals surface area contributed by atoms with Gasteiger partial charge in [-0.2, -0.15) is 0 Å². The van der Waals surface area contributed by atoms with E-state index in [9.17, 15) is 0 Å². The Kier molecular flexibility index (Phi) is 2.59. The molecule has 4 heterocycles. The number of fused-ring (bicyclic) bond motifs is 4. The summed E-state index contributed by atoms with van der Waals surface area (Å²) < 4.78 is 0.991. The van der Waals surface area contributed by atoms with Crippen LogP contribution >= 0.6 is 11.3 Å². The lowest BCUT2D eigenvalue weighted by atomic mass is 10.1. The molecule has 0 aliphatic heterocycles. The van der Waals surface area contributed by atoms with Gasteiger partial charge in [-0.1, -0.05) is 24.3 Å². The summed E-state index contributed by atoms with van der Waals surface area (Å²) >= 11 is 1.55. The fourth-order valence-electron chi connectivity index (χ4n) is 2.72. The minimum atomic E-state index is 0.757. The maximum Gasteiger partial charge on any atom is 0.144 e. The van der Waals surface area contributed by atoms with Gasteiger partial charge in [0.2, 0.25) is 0 Å². The summed E-state index contributed by atoms with van der Waals surface area (Å²) in [5.41, 5.74) is 3.24. The molecule has 5 nitrogen and oxygen atoms in total. The smallest absolute Gasteiger partial charge is 0.144 e. The molecule has 0 saturated heterocycles. The lowest BCUT2D eigenvalue weighted by Crippen LogP contribution is -1.91. The van der Waals surface area contributed by atoms with Crippen LogP contribution in [-0.2, 0) is 0 Å². The molecule has 0 saturated carbocycles. The molecule has 1 aromatic carbocycles. The van der Waals surface area contributed by atoms with Gasteiger partial charge in [-0.05, 0) is 11.5 Å². The second-order valence-electron chi connectivity index (χ2n) is 5.13. The molecule has 5 aromatic rings. The summed E-state index contributed by atoms with van der Waals surface area (Å²) in [5, 5.41) is 2.20. The molecule has 0 bridgehead atoms. The summed E-state index contributed by atoms with van der Waals surface area (Å²) in [4.78, 5) is 23.1. The predicted molar refractivity (Wildman–Crippen MR) is 91.2 cm³/mol. The van der Waals surface area contributed by atoms with Crippen molar-refractivity contribution in [3.63, 3.8) is 0 Å². The van der Waals surface area contributed by atoms with Crippen molar-refractivity contribution in [1.82, 2.24) is 24.9 Å². The Labute approximate surface area is 134 Å². The van der Waals surface area contributed by atoms with Gasteiger partial charge in [-0.15, -0.1) is 11.3 Å². The molecule has 4 aromatic heterocycles. The SMILES string of the molecule is c1ccc2c(-c3cnc4sc5cncnc5c4n3)nccc2c1. The second-order valence-corrected chi connectivity index (χ2v) is 6.16. The lowest BCUT2D eigenvalue weighted by molar-refractivity contribution is 1.22. The minimum Gasteiger partial charge on any atom is -0.254 e.